The third-order valence-corrected chi connectivity index (χ3v) is 5.04. The summed E-state index contributed by atoms with van der Waals surface area (Å²) in [6.07, 6.45) is 0.659. The van der Waals surface area contributed by atoms with Crippen molar-refractivity contribution in [2.75, 3.05) is 6.54 Å². The molecule has 0 aliphatic carbocycles. The molecule has 3 aromatic carbocycles. The van der Waals surface area contributed by atoms with Crippen LogP contribution in [0.4, 0.5) is 4.39 Å². The number of benzene rings is 3. The molecular formula is C24H24FNO. The molecule has 2 nitrogen and oxygen atoms in total. The first-order valence-corrected chi connectivity index (χ1v) is 9.21. The Balaban J connectivity index is 1.70. The van der Waals surface area contributed by atoms with Gasteiger partial charge in [0.15, 0.2) is 0 Å². The monoisotopic (exact) mass is 361 g/mol. The van der Waals surface area contributed by atoms with E-state index in [4.69, 9.17) is 0 Å². The van der Waals surface area contributed by atoms with Gasteiger partial charge < -0.3 is 5.32 Å². The summed E-state index contributed by atoms with van der Waals surface area (Å²) in [6.45, 7) is 2.62. The molecule has 0 saturated carbocycles. The Labute approximate surface area is 160 Å². The standard InChI is InChI=1S/C24H24FNO/c1-24(20-11-4-2-5-12-20,21-13-6-3-7-14-21)18-26-23(27)17-16-19-10-8-9-15-22(19)25/h2-15H,16-18H2,1H3,(H,26,27). The SMILES string of the molecule is CC(CNC(=O)CCc1ccccc1F)(c1ccccc1)c1ccccc1. The van der Waals surface area contributed by atoms with Crippen molar-refractivity contribution in [3.05, 3.63) is 107 Å². The van der Waals surface area contributed by atoms with Crippen LogP contribution in [0.15, 0.2) is 84.9 Å². The number of amides is 1. The third kappa shape index (κ3) is 4.62. The van der Waals surface area contributed by atoms with Crippen LogP contribution < -0.4 is 5.32 Å². The normalized spacial score (nSPS) is 11.2. The maximum absolute atomic E-state index is 13.7. The summed E-state index contributed by atoms with van der Waals surface area (Å²) in [5, 5.41) is 3.05. The summed E-state index contributed by atoms with van der Waals surface area (Å²) in [6, 6.07) is 26.9. The number of aryl methyl sites for hydroxylation is 1. The van der Waals surface area contributed by atoms with Gasteiger partial charge in [-0.3, -0.25) is 4.79 Å². The third-order valence-electron chi connectivity index (χ3n) is 5.04. The molecule has 0 unspecified atom stereocenters. The van der Waals surface area contributed by atoms with Crippen LogP contribution in [0, 0.1) is 5.82 Å². The van der Waals surface area contributed by atoms with Crippen molar-refractivity contribution in [3.63, 3.8) is 0 Å². The Bertz CT molecular complexity index is 838. The van der Waals surface area contributed by atoms with Crippen molar-refractivity contribution in [1.29, 1.82) is 0 Å². The summed E-state index contributed by atoms with van der Waals surface area (Å²) in [4.78, 5) is 12.4. The van der Waals surface area contributed by atoms with Gasteiger partial charge in [-0.25, -0.2) is 4.39 Å². The predicted octanol–water partition coefficient (Wildman–Crippen LogP) is 4.88. The largest absolute Gasteiger partial charge is 0.355 e. The van der Waals surface area contributed by atoms with Gasteiger partial charge in [0.05, 0.1) is 0 Å². The first-order chi connectivity index (χ1) is 13.1. The molecule has 3 rings (SSSR count). The molecule has 3 heteroatoms. The van der Waals surface area contributed by atoms with Crippen LogP contribution in [0.5, 0.6) is 0 Å². The van der Waals surface area contributed by atoms with Gasteiger partial charge in [-0.15, -0.1) is 0 Å². The van der Waals surface area contributed by atoms with Gasteiger partial charge in [0.25, 0.3) is 0 Å². The summed E-state index contributed by atoms with van der Waals surface area (Å²) in [7, 11) is 0. The maximum Gasteiger partial charge on any atom is 0.220 e. The Kier molecular flexibility index (Phi) is 6.02. The minimum Gasteiger partial charge on any atom is -0.355 e. The van der Waals surface area contributed by atoms with Crippen LogP contribution >= 0.6 is 0 Å². The van der Waals surface area contributed by atoms with E-state index in [2.05, 4.69) is 36.5 Å². The van der Waals surface area contributed by atoms with Crippen molar-refractivity contribution in [3.8, 4) is 0 Å². The van der Waals surface area contributed by atoms with Crippen LogP contribution in [0.2, 0.25) is 0 Å². The zero-order chi connectivity index (χ0) is 19.1. The lowest BCUT2D eigenvalue weighted by Crippen LogP contribution is -2.39. The van der Waals surface area contributed by atoms with E-state index in [0.717, 1.165) is 11.1 Å². The second kappa shape index (κ2) is 8.63. The van der Waals surface area contributed by atoms with Crippen molar-refractivity contribution in [2.45, 2.75) is 25.2 Å². The highest BCUT2D eigenvalue weighted by Crippen LogP contribution is 2.31. The molecule has 0 aliphatic rings. The van der Waals surface area contributed by atoms with Crippen molar-refractivity contribution >= 4 is 5.91 Å². The first-order valence-electron chi connectivity index (χ1n) is 9.21. The first kappa shape index (κ1) is 18.8. The summed E-state index contributed by atoms with van der Waals surface area (Å²) >= 11 is 0. The van der Waals surface area contributed by atoms with E-state index in [9.17, 15) is 9.18 Å². The van der Waals surface area contributed by atoms with E-state index in [1.54, 1.807) is 18.2 Å². The number of halogens is 1. The smallest absolute Gasteiger partial charge is 0.220 e. The maximum atomic E-state index is 13.7. The van der Waals surface area contributed by atoms with E-state index < -0.39 is 0 Å². The summed E-state index contributed by atoms with van der Waals surface area (Å²) < 4.78 is 13.7. The van der Waals surface area contributed by atoms with Crippen LogP contribution in [-0.4, -0.2) is 12.5 Å². The number of rotatable bonds is 7. The molecular weight excluding hydrogens is 337 g/mol. The molecule has 1 N–H and O–H groups in total. The van der Waals surface area contributed by atoms with Gasteiger partial charge in [0, 0.05) is 18.4 Å². The lowest BCUT2D eigenvalue weighted by atomic mass is 9.76. The molecule has 0 bridgehead atoms. The van der Waals surface area contributed by atoms with E-state index in [-0.39, 0.29) is 23.6 Å². The van der Waals surface area contributed by atoms with E-state index in [1.807, 2.05) is 36.4 Å². The summed E-state index contributed by atoms with van der Waals surface area (Å²) in [5.74, 6) is -0.333. The quantitative estimate of drug-likeness (QED) is 0.638. The minimum atomic E-state index is -0.337. The molecule has 3 aromatic rings. The molecule has 0 spiro atoms. The van der Waals surface area contributed by atoms with E-state index in [0.29, 0.717) is 18.5 Å². The highest BCUT2D eigenvalue weighted by atomic mass is 19.1. The fourth-order valence-electron chi connectivity index (χ4n) is 3.30. The molecule has 0 radical (unpaired) electrons. The fraction of sp³-hybridized carbons (Fsp3) is 0.208. The van der Waals surface area contributed by atoms with Crippen LogP contribution in [0.25, 0.3) is 0 Å². The highest BCUT2D eigenvalue weighted by molar-refractivity contribution is 5.76. The lowest BCUT2D eigenvalue weighted by Gasteiger charge is -2.31. The van der Waals surface area contributed by atoms with Crippen LogP contribution in [0.3, 0.4) is 0 Å². The molecule has 0 atom stereocenters. The number of carbonyl (C=O) groups is 1. The summed E-state index contributed by atoms with van der Waals surface area (Å²) in [5.41, 5.74) is 2.52. The Morgan fingerprint density at radius 1 is 0.852 bits per heavy atom. The highest BCUT2D eigenvalue weighted by Gasteiger charge is 2.29. The number of hydrogen-bond donors (Lipinski definition) is 1. The molecule has 27 heavy (non-hydrogen) atoms. The fourth-order valence-corrected chi connectivity index (χ4v) is 3.30. The van der Waals surface area contributed by atoms with Gasteiger partial charge in [-0.05, 0) is 36.1 Å². The van der Waals surface area contributed by atoms with Gasteiger partial charge in [0.2, 0.25) is 5.91 Å². The number of nitrogens with one attached hydrogen (secondary N) is 1. The molecule has 0 aromatic heterocycles. The second-order valence-electron chi connectivity index (χ2n) is 6.93. The average molecular weight is 361 g/mol. The lowest BCUT2D eigenvalue weighted by molar-refractivity contribution is -0.121. The van der Waals surface area contributed by atoms with Crippen molar-refractivity contribution < 1.29 is 9.18 Å². The zero-order valence-corrected chi connectivity index (χ0v) is 15.5. The molecule has 0 saturated heterocycles. The van der Waals surface area contributed by atoms with E-state index in [1.165, 1.54) is 6.07 Å². The topological polar surface area (TPSA) is 29.1 Å². The van der Waals surface area contributed by atoms with Gasteiger partial charge in [-0.2, -0.15) is 0 Å². The predicted molar refractivity (Wildman–Crippen MR) is 107 cm³/mol. The zero-order valence-electron chi connectivity index (χ0n) is 15.5. The molecule has 138 valence electrons. The average Bonchev–Trinajstić information content (AvgIpc) is 2.72. The molecule has 0 fully saturated rings. The minimum absolute atomic E-state index is 0.0728. The Hall–Kier alpha value is -2.94. The van der Waals surface area contributed by atoms with Gasteiger partial charge in [-0.1, -0.05) is 78.9 Å². The Morgan fingerprint density at radius 3 is 1.93 bits per heavy atom. The van der Waals surface area contributed by atoms with Gasteiger partial charge in [0.1, 0.15) is 5.82 Å². The second-order valence-corrected chi connectivity index (χ2v) is 6.93. The van der Waals surface area contributed by atoms with E-state index >= 15 is 0 Å². The molecule has 0 aliphatic heterocycles. The molecule has 1 amide bonds. The molecule has 0 heterocycles. The Morgan fingerprint density at radius 2 is 1.37 bits per heavy atom. The van der Waals surface area contributed by atoms with Crippen molar-refractivity contribution in [1.82, 2.24) is 5.32 Å². The number of hydrogen-bond acceptors (Lipinski definition) is 1. The van der Waals surface area contributed by atoms with Gasteiger partial charge >= 0.3 is 0 Å². The number of carbonyl (C=O) groups excluding carboxylic acids is 1. The van der Waals surface area contributed by atoms with Crippen LogP contribution in [0.1, 0.15) is 30.0 Å². The van der Waals surface area contributed by atoms with Crippen LogP contribution in [-0.2, 0) is 16.6 Å². The van der Waals surface area contributed by atoms with Crippen molar-refractivity contribution in [2.24, 2.45) is 0 Å².